The van der Waals surface area contributed by atoms with Crippen molar-refractivity contribution in [3.63, 3.8) is 0 Å². The summed E-state index contributed by atoms with van der Waals surface area (Å²) in [6.07, 6.45) is -0.176. The topological polar surface area (TPSA) is 173 Å². The number of aromatic amines is 1. The smallest absolute Gasteiger partial charge is 0.411 e. The van der Waals surface area contributed by atoms with Crippen molar-refractivity contribution in [1.82, 2.24) is 20.5 Å². The third kappa shape index (κ3) is 9.43. The number of aromatic nitrogens is 1. The fourth-order valence-corrected chi connectivity index (χ4v) is 7.49. The minimum atomic E-state index is -3.55. The Kier molecular flexibility index (Phi) is 12.0. The number of amides is 1. The predicted molar refractivity (Wildman–Crippen MR) is 201 cm³/mol. The van der Waals surface area contributed by atoms with E-state index in [4.69, 9.17) is 4.74 Å². The van der Waals surface area contributed by atoms with E-state index in [0.29, 0.717) is 49.1 Å². The molecule has 1 aliphatic heterocycles. The highest BCUT2D eigenvalue weighted by Gasteiger charge is 2.23. The number of rotatable bonds is 14. The Labute approximate surface area is 302 Å². The van der Waals surface area contributed by atoms with Crippen LogP contribution >= 0.6 is 0 Å². The molecule has 2 heterocycles. The van der Waals surface area contributed by atoms with Crippen LogP contribution in [0.25, 0.3) is 22.0 Å². The number of ether oxygens (including phenoxy) is 1. The number of piperidine rings is 1. The van der Waals surface area contributed by atoms with Crippen molar-refractivity contribution in [2.45, 2.75) is 36.5 Å². The summed E-state index contributed by atoms with van der Waals surface area (Å²) in [5.74, 6) is -0.262. The molecule has 12 nitrogen and oxygen atoms in total. The SMILES string of the molecule is O=C(Nc1ccccc1-c1ccccc1)OC1CCN(CCNCS(=O)(=O)c2ccc(CNCC(O)c3ccc(O)c4[nH]c(=O)ccc34)cc2)CC1. The molecule has 1 amide bonds. The van der Waals surface area contributed by atoms with Gasteiger partial charge in [-0.3, -0.25) is 10.1 Å². The molecule has 0 spiro atoms. The van der Waals surface area contributed by atoms with Gasteiger partial charge in [-0.1, -0.05) is 66.7 Å². The second-order valence-electron chi connectivity index (χ2n) is 12.8. The minimum absolute atomic E-state index is 0.0746. The van der Waals surface area contributed by atoms with Crippen LogP contribution in [0.4, 0.5) is 10.5 Å². The third-order valence-corrected chi connectivity index (χ3v) is 10.7. The molecule has 1 unspecified atom stereocenters. The van der Waals surface area contributed by atoms with E-state index in [1.165, 1.54) is 12.1 Å². The first kappa shape index (κ1) is 36.7. The predicted octanol–water partition coefficient (Wildman–Crippen LogP) is 4.76. The molecule has 1 fully saturated rings. The Hall–Kier alpha value is -5.05. The summed E-state index contributed by atoms with van der Waals surface area (Å²) in [6.45, 7) is 3.26. The Bertz CT molecular complexity index is 2130. The van der Waals surface area contributed by atoms with E-state index in [2.05, 4.69) is 25.8 Å². The van der Waals surface area contributed by atoms with E-state index in [1.807, 2.05) is 54.6 Å². The summed E-state index contributed by atoms with van der Waals surface area (Å²) >= 11 is 0. The van der Waals surface area contributed by atoms with Crippen molar-refractivity contribution in [2.75, 3.05) is 43.9 Å². The summed E-state index contributed by atoms with van der Waals surface area (Å²) in [7, 11) is -3.55. The zero-order valence-electron chi connectivity index (χ0n) is 28.6. The van der Waals surface area contributed by atoms with Gasteiger partial charge in [0.2, 0.25) is 5.56 Å². The van der Waals surface area contributed by atoms with Crippen molar-refractivity contribution < 1.29 is 28.2 Å². The lowest BCUT2D eigenvalue weighted by molar-refractivity contribution is 0.0594. The maximum atomic E-state index is 13.0. The number of hydrogen-bond acceptors (Lipinski definition) is 10. The normalized spacial score (nSPS) is 14.6. The lowest BCUT2D eigenvalue weighted by atomic mass is 10.0. The number of H-pyrrole nitrogens is 1. The number of anilines is 1. The molecule has 272 valence electrons. The van der Waals surface area contributed by atoms with Crippen LogP contribution in [0, 0.1) is 0 Å². The molecule has 0 radical (unpaired) electrons. The molecule has 6 N–H and O–H groups in total. The number of phenolic OH excluding ortho intramolecular Hbond substituents is 1. The standard InChI is InChI=1S/C39H43N5O7S/c45-35-16-14-32(33-15-17-37(47)43-38(33)35)36(46)25-41-24-27-10-12-30(13-11-27)52(49,50)26-40-20-23-44-21-18-29(19-22-44)51-39(48)42-34-9-5-4-8-31(34)28-6-2-1-3-7-28/h1-17,29,36,40-41,45-46H,18-26H2,(H,42,48)(H,43,47). The third-order valence-electron chi connectivity index (χ3n) is 9.17. The zero-order valence-corrected chi connectivity index (χ0v) is 29.4. The van der Waals surface area contributed by atoms with Gasteiger partial charge in [-0.15, -0.1) is 0 Å². The first-order chi connectivity index (χ1) is 25.2. The lowest BCUT2D eigenvalue weighted by Crippen LogP contribution is -2.42. The molecular weight excluding hydrogens is 683 g/mol. The van der Waals surface area contributed by atoms with Gasteiger partial charge in [0.25, 0.3) is 0 Å². The van der Waals surface area contributed by atoms with E-state index in [9.17, 15) is 28.2 Å². The van der Waals surface area contributed by atoms with Crippen LogP contribution < -0.4 is 21.5 Å². The summed E-state index contributed by atoms with van der Waals surface area (Å²) in [5, 5.41) is 30.5. The van der Waals surface area contributed by atoms with Gasteiger partial charge in [0, 0.05) is 56.3 Å². The Balaban J connectivity index is 0.886. The van der Waals surface area contributed by atoms with Gasteiger partial charge < -0.3 is 35.5 Å². The van der Waals surface area contributed by atoms with Gasteiger partial charge in [-0.25, -0.2) is 13.2 Å². The molecule has 1 aliphatic rings. The van der Waals surface area contributed by atoms with Crippen LogP contribution in [0.5, 0.6) is 5.75 Å². The molecule has 5 aromatic rings. The molecule has 1 aromatic heterocycles. The van der Waals surface area contributed by atoms with E-state index >= 15 is 0 Å². The number of aliphatic hydroxyl groups excluding tert-OH is 1. The number of nitrogens with one attached hydrogen (secondary N) is 4. The van der Waals surface area contributed by atoms with Crippen LogP contribution in [-0.2, 0) is 21.1 Å². The molecule has 1 atom stereocenters. The number of carbonyl (C=O) groups is 1. The molecule has 1 saturated heterocycles. The number of para-hydroxylation sites is 1. The summed E-state index contributed by atoms with van der Waals surface area (Å²) in [4.78, 5) is 29.4. The molecule has 0 bridgehead atoms. The van der Waals surface area contributed by atoms with Crippen LogP contribution in [0.15, 0.2) is 113 Å². The quantitative estimate of drug-likeness (QED) is 0.0877. The number of fused-ring (bicyclic) bond motifs is 1. The van der Waals surface area contributed by atoms with Crippen LogP contribution in [0.1, 0.15) is 30.1 Å². The highest BCUT2D eigenvalue weighted by atomic mass is 32.2. The average molecular weight is 726 g/mol. The van der Waals surface area contributed by atoms with E-state index in [1.54, 1.807) is 36.4 Å². The van der Waals surface area contributed by atoms with Gasteiger partial charge in [0.05, 0.1) is 22.2 Å². The van der Waals surface area contributed by atoms with E-state index < -0.39 is 22.0 Å². The van der Waals surface area contributed by atoms with Gasteiger partial charge in [0.15, 0.2) is 9.84 Å². The highest BCUT2D eigenvalue weighted by Crippen LogP contribution is 2.29. The number of carbonyl (C=O) groups excluding carboxylic acids is 1. The summed E-state index contributed by atoms with van der Waals surface area (Å²) in [6, 6.07) is 30.1. The molecule has 13 heteroatoms. The maximum Gasteiger partial charge on any atom is 0.411 e. The van der Waals surface area contributed by atoms with E-state index in [-0.39, 0.29) is 40.2 Å². The molecular formula is C39H43N5O7S. The Morgan fingerprint density at radius 1 is 0.904 bits per heavy atom. The van der Waals surface area contributed by atoms with Crippen molar-refractivity contribution in [3.8, 4) is 16.9 Å². The molecule has 0 aliphatic carbocycles. The van der Waals surface area contributed by atoms with Crippen molar-refractivity contribution in [2.24, 2.45) is 0 Å². The number of phenols is 1. The Morgan fingerprint density at radius 2 is 1.63 bits per heavy atom. The number of benzene rings is 4. The Morgan fingerprint density at radius 3 is 2.40 bits per heavy atom. The fraction of sp³-hybridized carbons (Fsp3) is 0.282. The average Bonchev–Trinajstić information content (AvgIpc) is 3.15. The van der Waals surface area contributed by atoms with Gasteiger partial charge in [-0.2, -0.15) is 0 Å². The van der Waals surface area contributed by atoms with Gasteiger partial charge >= 0.3 is 6.09 Å². The second kappa shape index (κ2) is 17.0. The number of nitrogens with zero attached hydrogens (tertiary/aromatic N) is 1. The number of aliphatic hydroxyl groups is 1. The van der Waals surface area contributed by atoms with Crippen molar-refractivity contribution in [1.29, 1.82) is 0 Å². The number of sulfone groups is 1. The van der Waals surface area contributed by atoms with E-state index in [0.717, 1.165) is 29.8 Å². The van der Waals surface area contributed by atoms with Crippen molar-refractivity contribution >= 4 is 32.5 Å². The number of aromatic hydroxyl groups is 1. The van der Waals surface area contributed by atoms with Gasteiger partial charge in [-0.05, 0) is 59.9 Å². The van der Waals surface area contributed by atoms with Crippen LogP contribution in [0.2, 0.25) is 0 Å². The molecule has 0 saturated carbocycles. The highest BCUT2D eigenvalue weighted by molar-refractivity contribution is 7.91. The number of likely N-dealkylation sites (tertiary alicyclic amines) is 1. The summed E-state index contributed by atoms with van der Waals surface area (Å²) < 4.78 is 31.7. The largest absolute Gasteiger partial charge is 0.506 e. The molecule has 52 heavy (non-hydrogen) atoms. The second-order valence-corrected chi connectivity index (χ2v) is 14.8. The monoisotopic (exact) mass is 725 g/mol. The van der Waals surface area contributed by atoms with Gasteiger partial charge in [0.1, 0.15) is 17.7 Å². The molecule has 4 aromatic carbocycles. The summed E-state index contributed by atoms with van der Waals surface area (Å²) in [5.41, 5.74) is 3.95. The fourth-order valence-electron chi connectivity index (χ4n) is 6.36. The first-order valence-corrected chi connectivity index (χ1v) is 18.9. The van der Waals surface area contributed by atoms with Crippen LogP contribution in [0.3, 0.4) is 0 Å². The minimum Gasteiger partial charge on any atom is -0.506 e. The number of hydrogen-bond donors (Lipinski definition) is 6. The number of pyridine rings is 1. The first-order valence-electron chi connectivity index (χ1n) is 17.3. The molecule has 6 rings (SSSR count). The zero-order chi connectivity index (χ0) is 36.5. The van der Waals surface area contributed by atoms with Crippen molar-refractivity contribution in [3.05, 3.63) is 125 Å². The van der Waals surface area contributed by atoms with Crippen LogP contribution in [-0.4, -0.2) is 79.3 Å². The lowest BCUT2D eigenvalue weighted by Gasteiger charge is -2.31. The maximum absolute atomic E-state index is 13.0.